The maximum absolute atomic E-state index is 8.11. The van der Waals surface area contributed by atoms with Crippen molar-refractivity contribution < 1.29 is 5.21 Å². The first-order valence-electron chi connectivity index (χ1n) is 3.28. The Morgan fingerprint density at radius 3 is 2.60 bits per heavy atom. The van der Waals surface area contributed by atoms with Crippen molar-refractivity contribution in [2.24, 2.45) is 11.1 Å². The number of nitrogens with zero attached hydrogens (tertiary/aromatic N) is 1. The largest absolute Gasteiger partial charge is 0.411 e. The zero-order valence-corrected chi connectivity index (χ0v) is 6.36. The maximum atomic E-state index is 8.11. The lowest BCUT2D eigenvalue weighted by atomic mass is 10.2. The Morgan fingerprint density at radius 1 is 1.40 bits per heavy atom. The first kappa shape index (κ1) is 8.95. The van der Waals surface area contributed by atoms with E-state index in [1.54, 1.807) is 0 Å². The molecular formula is C8H13NO. The molecule has 0 spiro atoms. The van der Waals surface area contributed by atoms with E-state index in [-0.39, 0.29) is 5.92 Å². The highest BCUT2D eigenvalue weighted by Gasteiger charge is 1.86. The molecule has 2 nitrogen and oxygen atoms in total. The van der Waals surface area contributed by atoms with E-state index >= 15 is 0 Å². The van der Waals surface area contributed by atoms with Gasteiger partial charge in [-0.1, -0.05) is 31.2 Å². The van der Waals surface area contributed by atoms with E-state index in [4.69, 9.17) is 5.21 Å². The van der Waals surface area contributed by atoms with Crippen molar-refractivity contribution in [1.29, 1.82) is 0 Å². The van der Waals surface area contributed by atoms with Gasteiger partial charge < -0.3 is 5.21 Å². The molecule has 1 unspecified atom stereocenters. The third-order valence-corrected chi connectivity index (χ3v) is 1.02. The van der Waals surface area contributed by atoms with Crippen LogP contribution in [-0.2, 0) is 0 Å². The van der Waals surface area contributed by atoms with Crippen LogP contribution in [0.25, 0.3) is 0 Å². The summed E-state index contributed by atoms with van der Waals surface area (Å²) < 4.78 is 0. The summed E-state index contributed by atoms with van der Waals surface area (Å²) in [4.78, 5) is 0. The van der Waals surface area contributed by atoms with E-state index in [1.807, 2.05) is 38.2 Å². The fraction of sp³-hybridized carbons (Fsp3) is 0.375. The number of hydrogen-bond donors (Lipinski definition) is 1. The molecule has 1 N–H and O–H groups in total. The van der Waals surface area contributed by atoms with E-state index in [2.05, 4.69) is 5.16 Å². The van der Waals surface area contributed by atoms with E-state index in [0.717, 1.165) is 0 Å². The second kappa shape index (κ2) is 6.08. The van der Waals surface area contributed by atoms with Gasteiger partial charge in [-0.05, 0) is 6.92 Å². The summed E-state index contributed by atoms with van der Waals surface area (Å²) in [6.07, 6.45) is 9.22. The van der Waals surface area contributed by atoms with Gasteiger partial charge in [0.2, 0.25) is 0 Å². The molecule has 10 heavy (non-hydrogen) atoms. The number of allylic oxidation sites excluding steroid dienone is 4. The lowest BCUT2D eigenvalue weighted by Crippen LogP contribution is -1.88. The average Bonchev–Trinajstić information content (AvgIpc) is 1.89. The van der Waals surface area contributed by atoms with Gasteiger partial charge in [-0.25, -0.2) is 0 Å². The second-order valence-corrected chi connectivity index (χ2v) is 2.03. The van der Waals surface area contributed by atoms with Crippen molar-refractivity contribution in [1.82, 2.24) is 0 Å². The number of hydrogen-bond acceptors (Lipinski definition) is 2. The van der Waals surface area contributed by atoms with Gasteiger partial charge in [-0.3, -0.25) is 0 Å². The molecule has 0 aliphatic heterocycles. The fourth-order valence-electron chi connectivity index (χ4n) is 0.505. The first-order chi connectivity index (χ1) is 4.81. The summed E-state index contributed by atoms with van der Waals surface area (Å²) in [5, 5.41) is 11.0. The monoisotopic (exact) mass is 139 g/mol. The first-order valence-corrected chi connectivity index (χ1v) is 3.28. The molecule has 0 aliphatic rings. The third kappa shape index (κ3) is 5.09. The normalized spacial score (nSPS) is 15.8. The van der Waals surface area contributed by atoms with Crippen molar-refractivity contribution >= 4 is 6.21 Å². The predicted octanol–water partition coefficient (Wildman–Crippen LogP) is 2.21. The molecule has 0 amide bonds. The standard InChI is InChI=1S/C8H13NO/c1-3-4-5-6-8(2)7-9-10/h3-8,10H,1-2H3/b4-3-,6-5-,9-7?. The van der Waals surface area contributed by atoms with Gasteiger partial charge in [-0.15, -0.1) is 5.16 Å². The smallest absolute Gasteiger partial charge is 0.0501 e. The second-order valence-electron chi connectivity index (χ2n) is 2.03. The van der Waals surface area contributed by atoms with Crippen molar-refractivity contribution in [3.05, 3.63) is 24.3 Å². The summed E-state index contributed by atoms with van der Waals surface area (Å²) in [5.74, 6) is 0.196. The molecule has 0 rings (SSSR count). The van der Waals surface area contributed by atoms with Crippen molar-refractivity contribution in [2.45, 2.75) is 13.8 Å². The molecule has 0 radical (unpaired) electrons. The van der Waals surface area contributed by atoms with Crippen LogP contribution in [0, 0.1) is 5.92 Å². The summed E-state index contributed by atoms with van der Waals surface area (Å²) in [6.45, 7) is 3.90. The maximum Gasteiger partial charge on any atom is 0.0501 e. The van der Waals surface area contributed by atoms with Crippen LogP contribution in [-0.4, -0.2) is 11.4 Å². The Labute approximate surface area is 61.6 Å². The lowest BCUT2D eigenvalue weighted by Gasteiger charge is -1.90. The van der Waals surface area contributed by atoms with Crippen LogP contribution >= 0.6 is 0 Å². The van der Waals surface area contributed by atoms with Gasteiger partial charge in [0.15, 0.2) is 0 Å². The fourth-order valence-corrected chi connectivity index (χ4v) is 0.505. The minimum atomic E-state index is 0.196. The summed E-state index contributed by atoms with van der Waals surface area (Å²) in [5.41, 5.74) is 0. The van der Waals surface area contributed by atoms with Gasteiger partial charge >= 0.3 is 0 Å². The molecule has 2 heteroatoms. The van der Waals surface area contributed by atoms with E-state index in [1.165, 1.54) is 6.21 Å². The van der Waals surface area contributed by atoms with Crippen LogP contribution in [0.3, 0.4) is 0 Å². The van der Waals surface area contributed by atoms with Crippen molar-refractivity contribution in [2.75, 3.05) is 0 Å². The molecule has 0 aromatic carbocycles. The van der Waals surface area contributed by atoms with E-state index < -0.39 is 0 Å². The molecule has 0 saturated carbocycles. The Bertz CT molecular complexity index is 147. The third-order valence-electron chi connectivity index (χ3n) is 1.02. The van der Waals surface area contributed by atoms with Gasteiger partial charge in [0.1, 0.15) is 0 Å². The number of oxime groups is 1. The highest BCUT2D eigenvalue weighted by atomic mass is 16.4. The Kier molecular flexibility index (Phi) is 5.44. The molecule has 1 atom stereocenters. The molecule has 0 saturated heterocycles. The zero-order chi connectivity index (χ0) is 7.82. The van der Waals surface area contributed by atoms with Crippen LogP contribution < -0.4 is 0 Å². The summed E-state index contributed by atoms with van der Waals surface area (Å²) >= 11 is 0. The zero-order valence-electron chi connectivity index (χ0n) is 6.36. The molecule has 0 heterocycles. The average molecular weight is 139 g/mol. The Hall–Kier alpha value is -1.05. The molecular weight excluding hydrogens is 126 g/mol. The summed E-state index contributed by atoms with van der Waals surface area (Å²) in [7, 11) is 0. The van der Waals surface area contributed by atoms with Gasteiger partial charge in [-0.2, -0.15) is 0 Å². The molecule has 0 aromatic rings. The number of rotatable bonds is 3. The summed E-state index contributed by atoms with van der Waals surface area (Å²) in [6, 6.07) is 0. The molecule has 56 valence electrons. The highest BCUT2D eigenvalue weighted by Crippen LogP contribution is 1.92. The SMILES string of the molecule is C/C=C\C=C/C(C)C=NO. The minimum Gasteiger partial charge on any atom is -0.411 e. The molecule has 0 aromatic heterocycles. The van der Waals surface area contributed by atoms with Crippen LogP contribution in [0.1, 0.15) is 13.8 Å². The molecule has 0 aliphatic carbocycles. The van der Waals surface area contributed by atoms with Gasteiger partial charge in [0.05, 0.1) is 6.21 Å². The van der Waals surface area contributed by atoms with Crippen LogP contribution in [0.5, 0.6) is 0 Å². The van der Waals surface area contributed by atoms with Crippen molar-refractivity contribution in [3.63, 3.8) is 0 Å². The molecule has 0 bridgehead atoms. The van der Waals surface area contributed by atoms with Crippen LogP contribution in [0.2, 0.25) is 0 Å². The quantitative estimate of drug-likeness (QED) is 0.276. The highest BCUT2D eigenvalue weighted by molar-refractivity contribution is 5.61. The Balaban J connectivity index is 3.65. The van der Waals surface area contributed by atoms with Gasteiger partial charge in [0.25, 0.3) is 0 Å². The van der Waals surface area contributed by atoms with E-state index in [0.29, 0.717) is 0 Å². The van der Waals surface area contributed by atoms with Crippen LogP contribution in [0.15, 0.2) is 29.5 Å². The van der Waals surface area contributed by atoms with Crippen LogP contribution in [0.4, 0.5) is 0 Å². The predicted molar refractivity (Wildman–Crippen MR) is 43.4 cm³/mol. The lowest BCUT2D eigenvalue weighted by molar-refractivity contribution is 0.319. The van der Waals surface area contributed by atoms with E-state index in [9.17, 15) is 0 Å². The molecule has 0 fully saturated rings. The topological polar surface area (TPSA) is 32.6 Å². The van der Waals surface area contributed by atoms with Crippen molar-refractivity contribution in [3.8, 4) is 0 Å². The minimum absolute atomic E-state index is 0.196. The Morgan fingerprint density at radius 2 is 2.10 bits per heavy atom. The van der Waals surface area contributed by atoms with Gasteiger partial charge in [0, 0.05) is 5.92 Å².